The van der Waals surface area contributed by atoms with Crippen LogP contribution in [0.15, 0.2) is 12.4 Å². The molecule has 2 heteroatoms. The van der Waals surface area contributed by atoms with Crippen LogP contribution in [0, 0.1) is 5.41 Å². The smallest absolute Gasteiger partial charge is 0.134 e. The minimum Gasteiger partial charge on any atom is -0.240 e. The average molecular weight is 220 g/mol. The Balaban J connectivity index is 2.97. The molecule has 1 aromatic rings. The summed E-state index contributed by atoms with van der Waals surface area (Å²) in [5.74, 6) is 0.944. The zero-order valence-electron chi connectivity index (χ0n) is 11.5. The highest BCUT2D eigenvalue weighted by atomic mass is 14.9. The third kappa shape index (κ3) is 2.60. The molecule has 1 aromatic heterocycles. The predicted molar refractivity (Wildman–Crippen MR) is 68.5 cm³/mol. The Kier molecular flexibility index (Phi) is 3.72. The van der Waals surface area contributed by atoms with Gasteiger partial charge in [-0.3, -0.25) is 0 Å². The normalized spacial score (nSPS) is 12.9. The second-order valence-electron chi connectivity index (χ2n) is 6.04. The van der Waals surface area contributed by atoms with Crippen molar-refractivity contribution in [2.45, 2.75) is 59.8 Å². The van der Waals surface area contributed by atoms with Gasteiger partial charge in [-0.1, -0.05) is 48.0 Å². The Labute approximate surface area is 99.5 Å². The molecule has 0 aliphatic carbocycles. The van der Waals surface area contributed by atoms with E-state index in [0.29, 0.717) is 0 Å². The third-order valence-corrected chi connectivity index (χ3v) is 3.68. The summed E-state index contributed by atoms with van der Waals surface area (Å²) in [5.41, 5.74) is 1.40. The maximum absolute atomic E-state index is 4.52. The van der Waals surface area contributed by atoms with Gasteiger partial charge in [-0.15, -0.1) is 0 Å². The lowest BCUT2D eigenvalue weighted by molar-refractivity contribution is 0.213. The van der Waals surface area contributed by atoms with Crippen molar-refractivity contribution < 1.29 is 0 Å². The van der Waals surface area contributed by atoms with E-state index < -0.39 is 0 Å². The number of rotatable bonds is 3. The largest absolute Gasteiger partial charge is 0.240 e. The molecule has 0 amide bonds. The van der Waals surface area contributed by atoms with Gasteiger partial charge in [0.25, 0.3) is 0 Å². The Hall–Kier alpha value is -0.920. The lowest BCUT2D eigenvalue weighted by atomic mass is 9.69. The quantitative estimate of drug-likeness (QED) is 0.775. The molecule has 0 spiro atoms. The molecular formula is C14H24N2. The first-order valence-corrected chi connectivity index (χ1v) is 6.10. The molecule has 0 N–H and O–H groups in total. The zero-order valence-corrected chi connectivity index (χ0v) is 11.5. The fraction of sp³-hybridized carbons (Fsp3) is 0.714. The predicted octanol–water partition coefficient (Wildman–Crippen LogP) is 3.75. The Morgan fingerprint density at radius 2 is 1.50 bits per heavy atom. The summed E-state index contributed by atoms with van der Waals surface area (Å²) in [6.45, 7) is 13.3. The van der Waals surface area contributed by atoms with Crippen molar-refractivity contribution in [3.63, 3.8) is 0 Å². The summed E-state index contributed by atoms with van der Waals surface area (Å²) in [6.07, 6.45) is 6.15. The van der Waals surface area contributed by atoms with Crippen LogP contribution >= 0.6 is 0 Å². The van der Waals surface area contributed by atoms with E-state index in [4.69, 9.17) is 0 Å². The van der Waals surface area contributed by atoms with Crippen LogP contribution in [0.3, 0.4) is 0 Å². The summed E-state index contributed by atoms with van der Waals surface area (Å²) in [4.78, 5) is 9.05. The first-order chi connectivity index (χ1) is 7.29. The minimum absolute atomic E-state index is 0.00224. The zero-order chi connectivity index (χ0) is 12.4. The molecule has 16 heavy (non-hydrogen) atoms. The number of aromatic nitrogens is 2. The van der Waals surface area contributed by atoms with E-state index >= 15 is 0 Å². The fourth-order valence-electron chi connectivity index (χ4n) is 1.43. The van der Waals surface area contributed by atoms with Crippen molar-refractivity contribution in [2.24, 2.45) is 5.41 Å². The van der Waals surface area contributed by atoms with Crippen molar-refractivity contribution in [2.75, 3.05) is 0 Å². The van der Waals surface area contributed by atoms with E-state index in [1.54, 1.807) is 0 Å². The summed E-state index contributed by atoms with van der Waals surface area (Å²) >= 11 is 0. The lowest BCUT2D eigenvalue weighted by Gasteiger charge is -2.37. The Bertz CT molecular complexity index is 331. The maximum atomic E-state index is 4.52. The van der Waals surface area contributed by atoms with E-state index in [-0.39, 0.29) is 10.8 Å². The van der Waals surface area contributed by atoms with Crippen molar-refractivity contribution in [1.29, 1.82) is 0 Å². The van der Waals surface area contributed by atoms with Crippen LogP contribution in [0.5, 0.6) is 0 Å². The van der Waals surface area contributed by atoms with Crippen LogP contribution < -0.4 is 0 Å². The molecule has 0 unspecified atom stereocenters. The molecule has 0 aromatic carbocycles. The molecule has 0 fully saturated rings. The van der Waals surface area contributed by atoms with Gasteiger partial charge in [-0.05, 0) is 17.4 Å². The van der Waals surface area contributed by atoms with Gasteiger partial charge < -0.3 is 0 Å². The molecule has 90 valence electrons. The number of aryl methyl sites for hydroxylation is 1. The third-order valence-electron chi connectivity index (χ3n) is 3.68. The van der Waals surface area contributed by atoms with Crippen molar-refractivity contribution in [3.8, 4) is 0 Å². The highest BCUT2D eigenvalue weighted by Gasteiger charge is 2.36. The maximum Gasteiger partial charge on any atom is 0.134 e. The highest BCUT2D eigenvalue weighted by molar-refractivity contribution is 5.13. The van der Waals surface area contributed by atoms with Gasteiger partial charge >= 0.3 is 0 Å². The van der Waals surface area contributed by atoms with E-state index in [2.05, 4.69) is 51.5 Å². The van der Waals surface area contributed by atoms with Crippen molar-refractivity contribution >= 4 is 0 Å². The second kappa shape index (κ2) is 4.52. The molecule has 0 atom stereocenters. The number of hydrogen-bond acceptors (Lipinski definition) is 2. The number of nitrogens with zero attached hydrogens (tertiary/aromatic N) is 2. The van der Waals surface area contributed by atoms with E-state index in [9.17, 15) is 0 Å². The van der Waals surface area contributed by atoms with Gasteiger partial charge in [0.2, 0.25) is 0 Å². The fourth-order valence-corrected chi connectivity index (χ4v) is 1.43. The van der Waals surface area contributed by atoms with Gasteiger partial charge in [-0.2, -0.15) is 0 Å². The standard InChI is InChI=1S/C14H24N2/c1-7-8-11-9-15-12(16-10-11)14(5,6)13(2,3)4/h9-10H,7-8H2,1-6H3. The van der Waals surface area contributed by atoms with Crippen molar-refractivity contribution in [3.05, 3.63) is 23.8 Å². The molecule has 0 aliphatic heterocycles. The van der Waals surface area contributed by atoms with Gasteiger partial charge in [0.05, 0.1) is 0 Å². The summed E-state index contributed by atoms with van der Waals surface area (Å²) < 4.78 is 0. The van der Waals surface area contributed by atoms with Gasteiger partial charge in [-0.25, -0.2) is 9.97 Å². The van der Waals surface area contributed by atoms with Gasteiger partial charge in [0.15, 0.2) is 0 Å². The molecular weight excluding hydrogens is 196 g/mol. The van der Waals surface area contributed by atoms with E-state index in [1.165, 1.54) is 5.56 Å². The molecule has 0 aliphatic rings. The van der Waals surface area contributed by atoms with Crippen LogP contribution in [0.4, 0.5) is 0 Å². The summed E-state index contributed by atoms with van der Waals surface area (Å²) in [7, 11) is 0. The van der Waals surface area contributed by atoms with E-state index in [0.717, 1.165) is 18.7 Å². The molecule has 0 radical (unpaired) electrons. The summed E-state index contributed by atoms with van der Waals surface area (Å²) in [6, 6.07) is 0. The van der Waals surface area contributed by atoms with Crippen LogP contribution in [-0.4, -0.2) is 9.97 Å². The molecule has 0 saturated heterocycles. The average Bonchev–Trinajstić information content (AvgIpc) is 2.17. The first kappa shape index (κ1) is 13.1. The molecule has 1 rings (SSSR count). The van der Waals surface area contributed by atoms with Crippen LogP contribution in [0.2, 0.25) is 0 Å². The van der Waals surface area contributed by atoms with Crippen LogP contribution in [-0.2, 0) is 11.8 Å². The first-order valence-electron chi connectivity index (χ1n) is 6.10. The Morgan fingerprint density at radius 1 is 1.00 bits per heavy atom. The molecule has 2 nitrogen and oxygen atoms in total. The second-order valence-corrected chi connectivity index (χ2v) is 6.04. The summed E-state index contributed by atoms with van der Waals surface area (Å²) in [5, 5.41) is 0. The number of hydrogen-bond donors (Lipinski definition) is 0. The van der Waals surface area contributed by atoms with Gasteiger partial charge in [0, 0.05) is 17.8 Å². The van der Waals surface area contributed by atoms with Crippen LogP contribution in [0.25, 0.3) is 0 Å². The molecule has 1 heterocycles. The molecule has 0 saturated carbocycles. The lowest BCUT2D eigenvalue weighted by Crippen LogP contribution is -2.35. The highest BCUT2D eigenvalue weighted by Crippen LogP contribution is 2.38. The van der Waals surface area contributed by atoms with Gasteiger partial charge in [0.1, 0.15) is 5.82 Å². The monoisotopic (exact) mass is 220 g/mol. The minimum atomic E-state index is -0.00224. The van der Waals surface area contributed by atoms with Crippen molar-refractivity contribution in [1.82, 2.24) is 9.97 Å². The topological polar surface area (TPSA) is 25.8 Å². The van der Waals surface area contributed by atoms with Crippen LogP contribution in [0.1, 0.15) is 59.4 Å². The van der Waals surface area contributed by atoms with E-state index in [1.807, 2.05) is 12.4 Å². The Morgan fingerprint density at radius 3 is 1.88 bits per heavy atom. The SMILES string of the molecule is CCCc1cnc(C(C)(C)C(C)(C)C)nc1. The molecule has 0 bridgehead atoms.